The van der Waals surface area contributed by atoms with Gasteiger partial charge >= 0.3 is 5.97 Å². The van der Waals surface area contributed by atoms with Crippen molar-refractivity contribution in [3.63, 3.8) is 0 Å². The van der Waals surface area contributed by atoms with Crippen LogP contribution in [0, 0.1) is 6.92 Å². The van der Waals surface area contributed by atoms with Crippen molar-refractivity contribution in [3.05, 3.63) is 29.3 Å². The van der Waals surface area contributed by atoms with Crippen LogP contribution >= 0.6 is 0 Å². The Bertz CT molecular complexity index is 377. The summed E-state index contributed by atoms with van der Waals surface area (Å²) < 4.78 is 10.1. The molecule has 0 bridgehead atoms. The van der Waals surface area contributed by atoms with E-state index in [-0.39, 0.29) is 18.7 Å². The number of nitrogens with two attached hydrogens (primary N) is 1. The van der Waals surface area contributed by atoms with Crippen molar-refractivity contribution < 1.29 is 14.3 Å². The van der Waals surface area contributed by atoms with Gasteiger partial charge in [-0.3, -0.25) is 0 Å². The number of benzene rings is 1. The standard InChI is InChI=1S/C12H17NO3/c1-8-6-10(13)4-5-11(8)12(14)16-7-9(2)15-3/h4-6,9H,7,13H2,1-3H3. The van der Waals surface area contributed by atoms with Gasteiger partial charge in [-0.05, 0) is 37.6 Å². The Morgan fingerprint density at radius 1 is 1.50 bits per heavy atom. The highest BCUT2D eigenvalue weighted by atomic mass is 16.6. The van der Waals surface area contributed by atoms with Gasteiger partial charge in [0.25, 0.3) is 0 Å². The molecule has 0 fully saturated rings. The van der Waals surface area contributed by atoms with Gasteiger partial charge < -0.3 is 15.2 Å². The molecule has 0 spiro atoms. The topological polar surface area (TPSA) is 61.5 Å². The Labute approximate surface area is 95.3 Å². The Balaban J connectivity index is 2.66. The number of hydrogen-bond donors (Lipinski definition) is 1. The molecule has 1 atom stereocenters. The Morgan fingerprint density at radius 3 is 2.75 bits per heavy atom. The van der Waals surface area contributed by atoms with E-state index >= 15 is 0 Å². The molecule has 0 saturated heterocycles. The van der Waals surface area contributed by atoms with Gasteiger partial charge in [0.15, 0.2) is 0 Å². The molecule has 1 aromatic rings. The summed E-state index contributed by atoms with van der Waals surface area (Å²) in [5, 5.41) is 0. The monoisotopic (exact) mass is 223 g/mol. The van der Waals surface area contributed by atoms with Crippen LogP contribution in [0.4, 0.5) is 5.69 Å². The molecule has 16 heavy (non-hydrogen) atoms. The van der Waals surface area contributed by atoms with Gasteiger partial charge in [0, 0.05) is 12.8 Å². The van der Waals surface area contributed by atoms with Crippen molar-refractivity contribution in [1.29, 1.82) is 0 Å². The average molecular weight is 223 g/mol. The molecule has 2 N–H and O–H groups in total. The van der Waals surface area contributed by atoms with Crippen LogP contribution in [0.2, 0.25) is 0 Å². The molecule has 1 aromatic carbocycles. The zero-order valence-corrected chi connectivity index (χ0v) is 9.82. The van der Waals surface area contributed by atoms with Crippen LogP contribution < -0.4 is 5.73 Å². The highest BCUT2D eigenvalue weighted by molar-refractivity contribution is 5.91. The van der Waals surface area contributed by atoms with E-state index in [0.717, 1.165) is 5.56 Å². The molecule has 4 heteroatoms. The van der Waals surface area contributed by atoms with E-state index in [1.165, 1.54) is 0 Å². The average Bonchev–Trinajstić information content (AvgIpc) is 2.25. The van der Waals surface area contributed by atoms with E-state index in [9.17, 15) is 4.79 Å². The lowest BCUT2D eigenvalue weighted by molar-refractivity contribution is 0.0168. The molecule has 1 rings (SSSR count). The van der Waals surface area contributed by atoms with Gasteiger partial charge in [-0.2, -0.15) is 0 Å². The van der Waals surface area contributed by atoms with Crippen LogP contribution in [0.5, 0.6) is 0 Å². The number of hydrogen-bond acceptors (Lipinski definition) is 4. The molecule has 4 nitrogen and oxygen atoms in total. The molecule has 0 heterocycles. The maximum Gasteiger partial charge on any atom is 0.338 e. The number of nitrogen functional groups attached to an aromatic ring is 1. The van der Waals surface area contributed by atoms with Gasteiger partial charge in [-0.15, -0.1) is 0 Å². The third kappa shape index (κ3) is 3.24. The van der Waals surface area contributed by atoms with Crippen LogP contribution in [-0.2, 0) is 9.47 Å². The van der Waals surface area contributed by atoms with E-state index in [0.29, 0.717) is 11.3 Å². The SMILES string of the molecule is COC(C)COC(=O)c1ccc(N)cc1C. The first-order chi connectivity index (χ1) is 7.54. The quantitative estimate of drug-likeness (QED) is 0.624. The number of carbonyl (C=O) groups is 1. The molecule has 0 saturated carbocycles. The van der Waals surface area contributed by atoms with Gasteiger partial charge in [0.2, 0.25) is 0 Å². The lowest BCUT2D eigenvalue weighted by atomic mass is 10.1. The first-order valence-corrected chi connectivity index (χ1v) is 5.10. The van der Waals surface area contributed by atoms with Crippen LogP contribution in [-0.4, -0.2) is 25.8 Å². The van der Waals surface area contributed by atoms with Crippen molar-refractivity contribution >= 4 is 11.7 Å². The predicted octanol–water partition coefficient (Wildman–Crippen LogP) is 1.77. The molecule has 0 radical (unpaired) electrons. The summed E-state index contributed by atoms with van der Waals surface area (Å²) in [5.41, 5.74) is 7.59. The summed E-state index contributed by atoms with van der Waals surface area (Å²) in [6.07, 6.45) is -0.0990. The number of methoxy groups -OCH3 is 1. The third-order valence-corrected chi connectivity index (χ3v) is 2.32. The summed E-state index contributed by atoms with van der Waals surface area (Å²) in [7, 11) is 1.58. The molecule has 0 amide bonds. The molecule has 0 aliphatic heterocycles. The van der Waals surface area contributed by atoms with Crippen LogP contribution in [0.1, 0.15) is 22.8 Å². The lowest BCUT2D eigenvalue weighted by Gasteiger charge is -2.11. The minimum absolute atomic E-state index is 0.0990. The Kier molecular flexibility index (Phi) is 4.31. The Morgan fingerprint density at radius 2 is 2.19 bits per heavy atom. The second kappa shape index (κ2) is 5.51. The highest BCUT2D eigenvalue weighted by Gasteiger charge is 2.11. The van der Waals surface area contributed by atoms with Crippen molar-refractivity contribution in [3.8, 4) is 0 Å². The van der Waals surface area contributed by atoms with Crippen molar-refractivity contribution in [2.45, 2.75) is 20.0 Å². The number of aryl methyl sites for hydroxylation is 1. The number of esters is 1. The van der Waals surface area contributed by atoms with E-state index < -0.39 is 0 Å². The van der Waals surface area contributed by atoms with E-state index in [2.05, 4.69) is 0 Å². The predicted molar refractivity (Wildman–Crippen MR) is 62.3 cm³/mol. The van der Waals surface area contributed by atoms with Gasteiger partial charge in [-0.25, -0.2) is 4.79 Å². The van der Waals surface area contributed by atoms with Gasteiger partial charge in [-0.1, -0.05) is 0 Å². The third-order valence-electron chi connectivity index (χ3n) is 2.32. The van der Waals surface area contributed by atoms with Crippen LogP contribution in [0.25, 0.3) is 0 Å². The summed E-state index contributed by atoms with van der Waals surface area (Å²) in [6, 6.07) is 5.10. The number of carbonyl (C=O) groups excluding carboxylic acids is 1. The second-order valence-electron chi connectivity index (χ2n) is 3.72. The van der Waals surface area contributed by atoms with Gasteiger partial charge in [0.1, 0.15) is 6.61 Å². The lowest BCUT2D eigenvalue weighted by Crippen LogP contribution is -2.18. The first-order valence-electron chi connectivity index (χ1n) is 5.10. The normalized spacial score (nSPS) is 12.2. The summed E-state index contributed by atoms with van der Waals surface area (Å²) >= 11 is 0. The minimum atomic E-state index is -0.346. The molecule has 88 valence electrons. The maximum atomic E-state index is 11.7. The smallest absolute Gasteiger partial charge is 0.338 e. The fourth-order valence-electron chi connectivity index (χ4n) is 1.25. The highest BCUT2D eigenvalue weighted by Crippen LogP contribution is 2.13. The summed E-state index contributed by atoms with van der Waals surface area (Å²) in [6.45, 7) is 3.91. The molecule has 1 unspecified atom stereocenters. The summed E-state index contributed by atoms with van der Waals surface area (Å²) in [5.74, 6) is -0.346. The molecular weight excluding hydrogens is 206 g/mol. The van der Waals surface area contributed by atoms with Gasteiger partial charge in [0.05, 0.1) is 11.7 Å². The zero-order valence-electron chi connectivity index (χ0n) is 9.82. The molecule has 0 aliphatic carbocycles. The first kappa shape index (κ1) is 12.5. The maximum absolute atomic E-state index is 11.7. The molecule has 0 aromatic heterocycles. The van der Waals surface area contributed by atoms with Crippen LogP contribution in [0.15, 0.2) is 18.2 Å². The largest absolute Gasteiger partial charge is 0.459 e. The number of rotatable bonds is 4. The van der Waals surface area contributed by atoms with Crippen molar-refractivity contribution in [2.24, 2.45) is 0 Å². The second-order valence-corrected chi connectivity index (χ2v) is 3.72. The van der Waals surface area contributed by atoms with E-state index in [1.54, 1.807) is 25.3 Å². The fraction of sp³-hybridized carbons (Fsp3) is 0.417. The Hall–Kier alpha value is -1.55. The van der Waals surface area contributed by atoms with Crippen molar-refractivity contribution in [2.75, 3.05) is 19.5 Å². The van der Waals surface area contributed by atoms with E-state index in [4.69, 9.17) is 15.2 Å². The number of anilines is 1. The summed E-state index contributed by atoms with van der Waals surface area (Å²) in [4.78, 5) is 11.7. The van der Waals surface area contributed by atoms with E-state index in [1.807, 2.05) is 13.8 Å². The molecular formula is C12H17NO3. The van der Waals surface area contributed by atoms with Crippen LogP contribution in [0.3, 0.4) is 0 Å². The molecule has 0 aliphatic rings. The number of ether oxygens (including phenoxy) is 2. The van der Waals surface area contributed by atoms with Crippen molar-refractivity contribution in [1.82, 2.24) is 0 Å². The zero-order chi connectivity index (χ0) is 12.1. The minimum Gasteiger partial charge on any atom is -0.459 e. The fourth-order valence-corrected chi connectivity index (χ4v) is 1.25.